The Labute approximate surface area is 79.3 Å². The van der Waals surface area contributed by atoms with Gasteiger partial charge in [0, 0.05) is 0 Å². The fourth-order valence-corrected chi connectivity index (χ4v) is 1.33. The summed E-state index contributed by atoms with van der Waals surface area (Å²) in [5.41, 5.74) is 0. The normalized spacial score (nSPS) is 27.8. The second-order valence-corrected chi connectivity index (χ2v) is 3.05. The highest BCUT2D eigenvalue weighted by Crippen LogP contribution is 2.13. The topological polar surface area (TPSA) is 38.3 Å². The van der Waals surface area contributed by atoms with Gasteiger partial charge in [-0.05, 0) is 25.8 Å². The van der Waals surface area contributed by atoms with Crippen molar-refractivity contribution in [3.63, 3.8) is 0 Å². The molecule has 0 spiro atoms. The van der Waals surface area contributed by atoms with Crippen molar-refractivity contribution in [2.45, 2.75) is 26.3 Å². The summed E-state index contributed by atoms with van der Waals surface area (Å²) in [6.45, 7) is 5.37. The van der Waals surface area contributed by atoms with Crippen LogP contribution in [0, 0.1) is 5.92 Å². The van der Waals surface area contributed by atoms with Gasteiger partial charge in [0.05, 0.1) is 6.61 Å². The molecule has 4 heteroatoms. The molecule has 0 aliphatic carbocycles. The summed E-state index contributed by atoms with van der Waals surface area (Å²) in [4.78, 5) is 11.1. The van der Waals surface area contributed by atoms with Crippen molar-refractivity contribution in [1.82, 2.24) is 5.32 Å². The molecule has 0 amide bonds. The highest BCUT2D eigenvalue weighted by atomic mass is 35.5. The van der Waals surface area contributed by atoms with Crippen LogP contribution in [-0.4, -0.2) is 25.2 Å². The van der Waals surface area contributed by atoms with E-state index in [4.69, 9.17) is 4.74 Å². The van der Waals surface area contributed by atoms with Crippen molar-refractivity contribution in [3.8, 4) is 0 Å². The predicted octanol–water partition coefficient (Wildman–Crippen LogP) is 0.969. The van der Waals surface area contributed by atoms with Gasteiger partial charge in [-0.1, -0.05) is 6.92 Å². The summed E-state index contributed by atoms with van der Waals surface area (Å²) in [5.74, 6) is 0.501. The standard InChI is InChI=1S/C8H15NO2.ClH/c1-3-11-8(10)7-4-6(2)5-9-7;/h6-7,9H,3-5H2,1-2H3;1H/t6-,7+;/m1./s1. The van der Waals surface area contributed by atoms with Crippen LogP contribution in [-0.2, 0) is 9.53 Å². The molecule has 72 valence electrons. The first kappa shape index (κ1) is 11.7. The molecule has 0 radical (unpaired) electrons. The smallest absolute Gasteiger partial charge is 0.323 e. The second-order valence-electron chi connectivity index (χ2n) is 3.05. The molecule has 1 rings (SSSR count). The third kappa shape index (κ3) is 2.99. The first-order valence-corrected chi connectivity index (χ1v) is 4.14. The van der Waals surface area contributed by atoms with Crippen LogP contribution in [0.15, 0.2) is 0 Å². The molecule has 3 nitrogen and oxygen atoms in total. The first-order valence-electron chi connectivity index (χ1n) is 4.14. The Morgan fingerprint density at radius 3 is 2.75 bits per heavy atom. The molecule has 0 bridgehead atoms. The van der Waals surface area contributed by atoms with Gasteiger partial charge in [-0.25, -0.2) is 0 Å². The van der Waals surface area contributed by atoms with E-state index in [0.717, 1.165) is 13.0 Å². The lowest BCUT2D eigenvalue weighted by Gasteiger charge is -2.07. The first-order chi connectivity index (χ1) is 5.24. The summed E-state index contributed by atoms with van der Waals surface area (Å²) in [5, 5.41) is 3.12. The van der Waals surface area contributed by atoms with Crippen LogP contribution in [0.2, 0.25) is 0 Å². The van der Waals surface area contributed by atoms with Gasteiger partial charge in [-0.3, -0.25) is 4.79 Å². The predicted molar refractivity (Wildman–Crippen MR) is 49.5 cm³/mol. The summed E-state index contributed by atoms with van der Waals surface area (Å²) >= 11 is 0. The average molecular weight is 194 g/mol. The van der Waals surface area contributed by atoms with Gasteiger partial charge in [-0.15, -0.1) is 12.4 Å². The number of ether oxygens (including phenoxy) is 1. The van der Waals surface area contributed by atoms with Crippen molar-refractivity contribution in [3.05, 3.63) is 0 Å². The fourth-order valence-electron chi connectivity index (χ4n) is 1.33. The third-order valence-corrected chi connectivity index (χ3v) is 1.92. The highest BCUT2D eigenvalue weighted by Gasteiger charge is 2.27. The van der Waals surface area contributed by atoms with Crippen molar-refractivity contribution in [1.29, 1.82) is 0 Å². The third-order valence-electron chi connectivity index (χ3n) is 1.92. The Kier molecular flexibility index (Phi) is 5.25. The van der Waals surface area contributed by atoms with Crippen LogP contribution in [0.3, 0.4) is 0 Å². The van der Waals surface area contributed by atoms with Crippen molar-refractivity contribution in [2.75, 3.05) is 13.2 Å². The zero-order valence-corrected chi connectivity index (χ0v) is 8.32. The summed E-state index contributed by atoms with van der Waals surface area (Å²) in [6.07, 6.45) is 0.916. The minimum absolute atomic E-state index is 0. The molecule has 12 heavy (non-hydrogen) atoms. The minimum atomic E-state index is -0.100. The molecule has 0 saturated carbocycles. The molecule has 1 fully saturated rings. The van der Waals surface area contributed by atoms with E-state index in [2.05, 4.69) is 12.2 Å². The van der Waals surface area contributed by atoms with E-state index in [-0.39, 0.29) is 24.4 Å². The lowest BCUT2D eigenvalue weighted by atomic mass is 10.1. The number of carbonyl (C=O) groups is 1. The van der Waals surface area contributed by atoms with Gasteiger partial charge >= 0.3 is 5.97 Å². The van der Waals surface area contributed by atoms with Crippen LogP contribution in [0.25, 0.3) is 0 Å². The Bertz CT molecular complexity index is 152. The molecular weight excluding hydrogens is 178 g/mol. The molecule has 2 atom stereocenters. The van der Waals surface area contributed by atoms with Crippen LogP contribution in [0.5, 0.6) is 0 Å². The van der Waals surface area contributed by atoms with Gasteiger partial charge in [-0.2, -0.15) is 0 Å². The number of rotatable bonds is 2. The van der Waals surface area contributed by atoms with E-state index in [0.29, 0.717) is 12.5 Å². The number of hydrogen-bond acceptors (Lipinski definition) is 3. The SMILES string of the molecule is CCOC(=O)[C@@H]1C[C@@H](C)CN1.Cl. The second kappa shape index (κ2) is 5.38. The van der Waals surface area contributed by atoms with Crippen molar-refractivity contribution < 1.29 is 9.53 Å². The maximum absolute atomic E-state index is 11.1. The number of hydrogen-bond donors (Lipinski definition) is 1. The quantitative estimate of drug-likeness (QED) is 0.665. The molecule has 1 aliphatic rings. The van der Waals surface area contributed by atoms with E-state index < -0.39 is 0 Å². The molecule has 1 N–H and O–H groups in total. The molecule has 0 unspecified atom stereocenters. The Morgan fingerprint density at radius 1 is 1.67 bits per heavy atom. The molecule has 1 saturated heterocycles. The molecule has 0 aromatic rings. The zero-order valence-electron chi connectivity index (χ0n) is 7.50. The van der Waals surface area contributed by atoms with Crippen LogP contribution in [0.4, 0.5) is 0 Å². The average Bonchev–Trinajstić information content (AvgIpc) is 2.36. The summed E-state index contributed by atoms with van der Waals surface area (Å²) in [6, 6.07) is -0.0510. The maximum Gasteiger partial charge on any atom is 0.323 e. The molecule has 0 aromatic heterocycles. The van der Waals surface area contributed by atoms with Crippen molar-refractivity contribution >= 4 is 18.4 Å². The molecule has 1 heterocycles. The van der Waals surface area contributed by atoms with Crippen molar-refractivity contribution in [2.24, 2.45) is 5.92 Å². The van der Waals surface area contributed by atoms with E-state index in [1.807, 2.05) is 6.92 Å². The van der Waals surface area contributed by atoms with Crippen LogP contribution >= 0.6 is 12.4 Å². The maximum atomic E-state index is 11.1. The molecular formula is C8H16ClNO2. The lowest BCUT2D eigenvalue weighted by molar-refractivity contribution is -0.145. The van der Waals surface area contributed by atoms with Gasteiger partial charge in [0.25, 0.3) is 0 Å². The number of esters is 1. The van der Waals surface area contributed by atoms with Gasteiger partial charge in [0.2, 0.25) is 0 Å². The Hall–Kier alpha value is -0.280. The lowest BCUT2D eigenvalue weighted by Crippen LogP contribution is -2.32. The molecule has 0 aromatic carbocycles. The highest BCUT2D eigenvalue weighted by molar-refractivity contribution is 5.85. The van der Waals surface area contributed by atoms with E-state index in [1.54, 1.807) is 0 Å². The van der Waals surface area contributed by atoms with E-state index in [9.17, 15) is 4.79 Å². The van der Waals surface area contributed by atoms with E-state index >= 15 is 0 Å². The largest absolute Gasteiger partial charge is 0.465 e. The van der Waals surface area contributed by atoms with E-state index in [1.165, 1.54) is 0 Å². The van der Waals surface area contributed by atoms with Gasteiger partial charge in [0.1, 0.15) is 6.04 Å². The summed E-state index contributed by atoms with van der Waals surface area (Å²) in [7, 11) is 0. The van der Waals surface area contributed by atoms with Crippen LogP contribution in [0.1, 0.15) is 20.3 Å². The Balaban J connectivity index is 0.00000121. The number of halogens is 1. The minimum Gasteiger partial charge on any atom is -0.465 e. The van der Waals surface area contributed by atoms with Crippen LogP contribution < -0.4 is 5.32 Å². The fraction of sp³-hybridized carbons (Fsp3) is 0.875. The monoisotopic (exact) mass is 193 g/mol. The summed E-state index contributed by atoms with van der Waals surface area (Å²) < 4.78 is 4.87. The molecule has 1 aliphatic heterocycles. The van der Waals surface area contributed by atoms with Gasteiger partial charge < -0.3 is 10.1 Å². The number of nitrogens with one attached hydrogen (secondary N) is 1. The number of carbonyl (C=O) groups excluding carboxylic acids is 1. The van der Waals surface area contributed by atoms with Gasteiger partial charge in [0.15, 0.2) is 0 Å². The Morgan fingerprint density at radius 2 is 2.33 bits per heavy atom. The zero-order chi connectivity index (χ0) is 8.27.